The average Bonchev–Trinajstić information content (AvgIpc) is 2.44. The van der Waals surface area contributed by atoms with Crippen molar-refractivity contribution in [3.8, 4) is 0 Å². The van der Waals surface area contributed by atoms with Crippen molar-refractivity contribution in [2.24, 2.45) is 0 Å². The van der Waals surface area contributed by atoms with E-state index in [-0.39, 0.29) is 12.5 Å². The smallest absolute Gasteiger partial charge is 0.250 e. The van der Waals surface area contributed by atoms with Crippen LogP contribution in [0.15, 0.2) is 24.3 Å². The predicted molar refractivity (Wildman–Crippen MR) is 81.5 cm³/mol. The SMILES string of the molecule is COCC(=O)Nc1ccc(NC2CCS(=O)CC2)cc1. The van der Waals surface area contributed by atoms with Crippen LogP contribution < -0.4 is 10.6 Å². The Hall–Kier alpha value is -1.40. The van der Waals surface area contributed by atoms with E-state index in [4.69, 9.17) is 4.74 Å². The first-order valence-corrected chi connectivity index (χ1v) is 8.16. The van der Waals surface area contributed by atoms with Gasteiger partial charge in [-0.05, 0) is 37.1 Å². The van der Waals surface area contributed by atoms with Crippen molar-refractivity contribution < 1.29 is 13.7 Å². The molecule has 20 heavy (non-hydrogen) atoms. The van der Waals surface area contributed by atoms with E-state index in [9.17, 15) is 9.00 Å². The summed E-state index contributed by atoms with van der Waals surface area (Å²) in [5.74, 6) is 1.40. The van der Waals surface area contributed by atoms with Crippen LogP contribution in [0.25, 0.3) is 0 Å². The summed E-state index contributed by atoms with van der Waals surface area (Å²) in [4.78, 5) is 11.4. The van der Waals surface area contributed by atoms with Crippen LogP contribution in [-0.2, 0) is 20.3 Å². The molecule has 0 spiro atoms. The first-order valence-electron chi connectivity index (χ1n) is 6.68. The van der Waals surface area contributed by atoms with Crippen LogP contribution in [0.2, 0.25) is 0 Å². The molecule has 0 saturated carbocycles. The third-order valence-electron chi connectivity index (χ3n) is 3.20. The van der Waals surface area contributed by atoms with Crippen molar-refractivity contribution in [2.45, 2.75) is 18.9 Å². The number of nitrogens with one attached hydrogen (secondary N) is 2. The molecule has 0 bridgehead atoms. The highest BCUT2D eigenvalue weighted by atomic mass is 32.2. The molecular weight excluding hydrogens is 276 g/mol. The molecule has 0 aromatic heterocycles. The molecule has 110 valence electrons. The third-order valence-corrected chi connectivity index (χ3v) is 4.58. The van der Waals surface area contributed by atoms with Crippen molar-refractivity contribution in [3.63, 3.8) is 0 Å². The number of rotatable bonds is 5. The molecule has 0 radical (unpaired) electrons. The van der Waals surface area contributed by atoms with Crippen molar-refractivity contribution in [2.75, 3.05) is 35.9 Å². The molecule has 1 saturated heterocycles. The Morgan fingerprint density at radius 3 is 2.45 bits per heavy atom. The molecule has 1 aliphatic rings. The second-order valence-electron chi connectivity index (χ2n) is 4.83. The lowest BCUT2D eigenvalue weighted by Crippen LogP contribution is -2.29. The van der Waals surface area contributed by atoms with E-state index in [0.717, 1.165) is 35.7 Å². The second kappa shape index (κ2) is 7.40. The van der Waals surface area contributed by atoms with E-state index in [1.807, 2.05) is 24.3 Å². The second-order valence-corrected chi connectivity index (χ2v) is 6.52. The zero-order valence-electron chi connectivity index (χ0n) is 11.6. The summed E-state index contributed by atoms with van der Waals surface area (Å²) in [6, 6.07) is 7.98. The van der Waals surface area contributed by atoms with E-state index in [1.165, 1.54) is 7.11 Å². The standard InChI is InChI=1S/C14H20N2O3S/c1-19-10-14(17)16-12-4-2-11(3-5-12)15-13-6-8-20(18)9-7-13/h2-5,13,15H,6-10H2,1H3,(H,16,17). The molecule has 1 aromatic rings. The molecule has 1 heterocycles. The number of carbonyl (C=O) groups excluding carboxylic acids is 1. The third kappa shape index (κ3) is 4.61. The molecular formula is C14H20N2O3S. The number of hydrogen-bond acceptors (Lipinski definition) is 4. The first-order chi connectivity index (χ1) is 9.67. The Labute approximate surface area is 121 Å². The minimum atomic E-state index is -0.631. The molecule has 1 aliphatic heterocycles. The normalized spacial score (nSPS) is 22.2. The fraction of sp³-hybridized carbons (Fsp3) is 0.500. The summed E-state index contributed by atoms with van der Waals surface area (Å²) in [6.45, 7) is 0.0548. The fourth-order valence-electron chi connectivity index (χ4n) is 2.15. The average molecular weight is 296 g/mol. The van der Waals surface area contributed by atoms with Gasteiger partial charge in [0, 0.05) is 46.8 Å². The number of carbonyl (C=O) groups is 1. The summed E-state index contributed by atoms with van der Waals surface area (Å²) in [5.41, 5.74) is 1.77. The topological polar surface area (TPSA) is 67.4 Å². The molecule has 1 fully saturated rings. The lowest BCUT2D eigenvalue weighted by atomic mass is 10.1. The maximum atomic E-state index is 11.4. The van der Waals surface area contributed by atoms with Gasteiger partial charge in [-0.1, -0.05) is 0 Å². The number of hydrogen-bond donors (Lipinski definition) is 2. The molecule has 2 rings (SSSR count). The summed E-state index contributed by atoms with van der Waals surface area (Å²) < 4.78 is 16.1. The number of methoxy groups -OCH3 is 1. The molecule has 0 aliphatic carbocycles. The van der Waals surface area contributed by atoms with Gasteiger partial charge in [0.05, 0.1) is 0 Å². The lowest BCUT2D eigenvalue weighted by Gasteiger charge is -2.23. The van der Waals surface area contributed by atoms with Crippen LogP contribution in [0.4, 0.5) is 11.4 Å². The van der Waals surface area contributed by atoms with Crippen molar-refractivity contribution in [1.29, 1.82) is 0 Å². The number of benzene rings is 1. The van der Waals surface area contributed by atoms with E-state index >= 15 is 0 Å². The maximum Gasteiger partial charge on any atom is 0.250 e. The summed E-state index contributed by atoms with van der Waals surface area (Å²) in [7, 11) is 0.859. The number of amides is 1. The first kappa shape index (κ1) is 15.0. The summed E-state index contributed by atoms with van der Waals surface area (Å²) in [5, 5.41) is 6.18. The highest BCUT2D eigenvalue weighted by molar-refractivity contribution is 7.85. The van der Waals surface area contributed by atoms with E-state index in [0.29, 0.717) is 6.04 Å². The lowest BCUT2D eigenvalue weighted by molar-refractivity contribution is -0.119. The number of ether oxygens (including phenoxy) is 1. The van der Waals surface area contributed by atoms with Gasteiger partial charge in [0.2, 0.25) is 5.91 Å². The number of anilines is 2. The van der Waals surface area contributed by atoms with Gasteiger partial charge in [-0.15, -0.1) is 0 Å². The van der Waals surface area contributed by atoms with Crippen LogP contribution in [0.1, 0.15) is 12.8 Å². The molecule has 0 atom stereocenters. The van der Waals surface area contributed by atoms with Crippen LogP contribution >= 0.6 is 0 Å². The van der Waals surface area contributed by atoms with Crippen molar-refractivity contribution >= 4 is 28.1 Å². The minimum absolute atomic E-state index is 0.0548. The highest BCUT2D eigenvalue weighted by Crippen LogP contribution is 2.18. The molecule has 6 heteroatoms. The summed E-state index contributed by atoms with van der Waals surface area (Å²) >= 11 is 0. The van der Waals surface area contributed by atoms with Crippen LogP contribution in [0.3, 0.4) is 0 Å². The van der Waals surface area contributed by atoms with Crippen LogP contribution in [-0.4, -0.2) is 41.4 Å². The van der Waals surface area contributed by atoms with E-state index < -0.39 is 10.8 Å². The van der Waals surface area contributed by atoms with E-state index in [2.05, 4.69) is 10.6 Å². The molecule has 0 unspecified atom stereocenters. The van der Waals surface area contributed by atoms with Crippen molar-refractivity contribution in [1.82, 2.24) is 0 Å². The van der Waals surface area contributed by atoms with Gasteiger partial charge in [0.15, 0.2) is 0 Å². The highest BCUT2D eigenvalue weighted by Gasteiger charge is 2.17. The van der Waals surface area contributed by atoms with Gasteiger partial charge < -0.3 is 15.4 Å². The van der Waals surface area contributed by atoms with Crippen LogP contribution in [0.5, 0.6) is 0 Å². The van der Waals surface area contributed by atoms with Gasteiger partial charge in [0.25, 0.3) is 0 Å². The Balaban J connectivity index is 1.85. The predicted octanol–water partition coefficient (Wildman–Crippen LogP) is 1.59. The van der Waals surface area contributed by atoms with Gasteiger partial charge in [0.1, 0.15) is 6.61 Å². The quantitative estimate of drug-likeness (QED) is 0.866. The van der Waals surface area contributed by atoms with Gasteiger partial charge >= 0.3 is 0 Å². The Kier molecular flexibility index (Phi) is 5.55. The Morgan fingerprint density at radius 1 is 1.25 bits per heavy atom. The Bertz CT molecular complexity index is 466. The van der Waals surface area contributed by atoms with Gasteiger partial charge in [-0.2, -0.15) is 0 Å². The van der Waals surface area contributed by atoms with Crippen molar-refractivity contribution in [3.05, 3.63) is 24.3 Å². The van der Waals surface area contributed by atoms with E-state index in [1.54, 1.807) is 0 Å². The minimum Gasteiger partial charge on any atom is -0.382 e. The monoisotopic (exact) mass is 296 g/mol. The zero-order valence-corrected chi connectivity index (χ0v) is 12.4. The molecule has 5 nitrogen and oxygen atoms in total. The molecule has 2 N–H and O–H groups in total. The largest absolute Gasteiger partial charge is 0.382 e. The zero-order chi connectivity index (χ0) is 14.4. The molecule has 1 aromatic carbocycles. The Morgan fingerprint density at radius 2 is 1.85 bits per heavy atom. The van der Waals surface area contributed by atoms with Gasteiger partial charge in [-0.3, -0.25) is 9.00 Å². The molecule has 1 amide bonds. The maximum absolute atomic E-state index is 11.4. The van der Waals surface area contributed by atoms with Gasteiger partial charge in [-0.25, -0.2) is 0 Å². The fourth-order valence-corrected chi connectivity index (χ4v) is 3.45. The van der Waals surface area contributed by atoms with Crippen LogP contribution in [0, 0.1) is 0 Å². The summed E-state index contributed by atoms with van der Waals surface area (Å²) in [6.07, 6.45) is 1.89.